The van der Waals surface area contributed by atoms with Crippen LogP contribution < -0.4 is 5.32 Å². The van der Waals surface area contributed by atoms with Crippen molar-refractivity contribution in [1.82, 2.24) is 20.4 Å². The normalized spacial score (nSPS) is 10.8. The number of aromatic nitrogens is 3. The highest BCUT2D eigenvalue weighted by atomic mass is 32.1. The topological polar surface area (TPSA) is 80.9 Å². The molecule has 0 fully saturated rings. The van der Waals surface area contributed by atoms with Gasteiger partial charge in [-0.2, -0.15) is 16.3 Å². The predicted octanol–water partition coefficient (Wildman–Crippen LogP) is 2.81. The van der Waals surface area contributed by atoms with Gasteiger partial charge in [-0.05, 0) is 18.4 Å². The van der Waals surface area contributed by atoms with Gasteiger partial charge in [0.1, 0.15) is 0 Å². The molecule has 6 nitrogen and oxygen atoms in total. The fourth-order valence-electron chi connectivity index (χ4n) is 1.85. The molecule has 0 bridgehead atoms. The third-order valence-corrected chi connectivity index (χ3v) is 4.54. The van der Waals surface area contributed by atoms with Crippen molar-refractivity contribution in [1.29, 1.82) is 0 Å². The van der Waals surface area contributed by atoms with Crippen molar-refractivity contribution in [3.05, 3.63) is 38.8 Å². The maximum absolute atomic E-state index is 11.8. The van der Waals surface area contributed by atoms with Gasteiger partial charge in [0.2, 0.25) is 17.6 Å². The van der Waals surface area contributed by atoms with Crippen molar-refractivity contribution < 1.29 is 9.32 Å². The van der Waals surface area contributed by atoms with Crippen molar-refractivity contribution in [3.8, 4) is 11.4 Å². The first-order chi connectivity index (χ1) is 10.7. The molecule has 3 aromatic heterocycles. The number of hydrogen-bond donors (Lipinski definition) is 1. The molecular formula is C14H14N4O2S2. The van der Waals surface area contributed by atoms with Gasteiger partial charge in [-0.1, -0.05) is 5.16 Å². The molecule has 0 radical (unpaired) electrons. The maximum atomic E-state index is 11.8. The lowest BCUT2D eigenvalue weighted by Gasteiger charge is -2.01. The van der Waals surface area contributed by atoms with Gasteiger partial charge in [-0.15, -0.1) is 11.3 Å². The van der Waals surface area contributed by atoms with Crippen molar-refractivity contribution in [2.24, 2.45) is 0 Å². The molecule has 3 heterocycles. The van der Waals surface area contributed by atoms with Crippen LogP contribution in [0.1, 0.15) is 22.2 Å². The highest BCUT2D eigenvalue weighted by Gasteiger charge is 2.11. The Hall–Kier alpha value is -2.06. The van der Waals surface area contributed by atoms with Crippen molar-refractivity contribution in [2.75, 3.05) is 0 Å². The molecule has 1 amide bonds. The summed E-state index contributed by atoms with van der Waals surface area (Å²) in [7, 11) is 0. The molecule has 1 N–H and O–H groups in total. The molecular weight excluding hydrogens is 320 g/mol. The minimum atomic E-state index is -0.0404. The smallest absolute Gasteiger partial charge is 0.227 e. The van der Waals surface area contributed by atoms with Gasteiger partial charge in [0, 0.05) is 34.9 Å². The van der Waals surface area contributed by atoms with E-state index >= 15 is 0 Å². The van der Waals surface area contributed by atoms with Crippen LogP contribution in [0.4, 0.5) is 0 Å². The summed E-state index contributed by atoms with van der Waals surface area (Å²) in [6.07, 6.45) is 2.54. The third-order valence-electron chi connectivity index (χ3n) is 2.94. The van der Waals surface area contributed by atoms with E-state index in [-0.39, 0.29) is 5.91 Å². The van der Waals surface area contributed by atoms with Crippen LogP contribution in [0.2, 0.25) is 0 Å². The van der Waals surface area contributed by atoms with Crippen LogP contribution in [0.15, 0.2) is 27.5 Å². The molecule has 22 heavy (non-hydrogen) atoms. The summed E-state index contributed by atoms with van der Waals surface area (Å²) in [5.74, 6) is 1.00. The zero-order valence-corrected chi connectivity index (χ0v) is 13.5. The summed E-state index contributed by atoms with van der Waals surface area (Å²) in [6.45, 7) is 2.45. The Kier molecular flexibility index (Phi) is 4.59. The number of carbonyl (C=O) groups excluding carboxylic acids is 1. The molecule has 0 aliphatic rings. The van der Waals surface area contributed by atoms with Gasteiger partial charge in [0.05, 0.1) is 11.6 Å². The first kappa shape index (κ1) is 14.9. The van der Waals surface area contributed by atoms with Gasteiger partial charge in [0.25, 0.3) is 0 Å². The van der Waals surface area contributed by atoms with Crippen LogP contribution in [0.3, 0.4) is 0 Å². The highest BCUT2D eigenvalue weighted by molar-refractivity contribution is 7.11. The van der Waals surface area contributed by atoms with Crippen LogP contribution in [0, 0.1) is 6.92 Å². The summed E-state index contributed by atoms with van der Waals surface area (Å²) in [5, 5.41) is 11.7. The van der Waals surface area contributed by atoms with Crippen LogP contribution >= 0.6 is 22.7 Å². The van der Waals surface area contributed by atoms with E-state index in [1.807, 2.05) is 23.8 Å². The largest absolute Gasteiger partial charge is 0.351 e. The quantitative estimate of drug-likeness (QED) is 0.749. The summed E-state index contributed by atoms with van der Waals surface area (Å²) < 4.78 is 5.16. The molecule has 8 heteroatoms. The Morgan fingerprint density at radius 1 is 1.45 bits per heavy atom. The van der Waals surface area contributed by atoms with Crippen LogP contribution in [-0.2, 0) is 17.8 Å². The Morgan fingerprint density at radius 3 is 3.09 bits per heavy atom. The number of hydrogen-bond acceptors (Lipinski definition) is 7. The summed E-state index contributed by atoms with van der Waals surface area (Å²) in [4.78, 5) is 21.3. The lowest BCUT2D eigenvalue weighted by Crippen LogP contribution is -2.22. The van der Waals surface area contributed by atoms with Gasteiger partial charge in [-0.3, -0.25) is 4.79 Å². The Balaban J connectivity index is 1.47. The minimum absolute atomic E-state index is 0.0404. The zero-order chi connectivity index (χ0) is 15.4. The molecule has 114 valence electrons. The Morgan fingerprint density at radius 2 is 2.36 bits per heavy atom. The fraction of sp³-hybridized carbons (Fsp3) is 0.286. The van der Waals surface area contributed by atoms with Gasteiger partial charge in [0.15, 0.2) is 0 Å². The average molecular weight is 334 g/mol. The van der Waals surface area contributed by atoms with Crippen LogP contribution in [0.25, 0.3) is 11.4 Å². The zero-order valence-electron chi connectivity index (χ0n) is 11.9. The fourth-order valence-corrected chi connectivity index (χ4v) is 3.22. The molecule has 0 saturated carbocycles. The van der Waals surface area contributed by atoms with E-state index in [0.717, 1.165) is 15.4 Å². The van der Waals surface area contributed by atoms with Gasteiger partial charge in [-0.25, -0.2) is 4.98 Å². The van der Waals surface area contributed by atoms with Crippen LogP contribution in [0.5, 0.6) is 0 Å². The van der Waals surface area contributed by atoms with Crippen LogP contribution in [-0.4, -0.2) is 21.0 Å². The molecule has 0 atom stereocenters. The summed E-state index contributed by atoms with van der Waals surface area (Å²) in [6, 6.07) is 1.93. The molecule has 0 spiro atoms. The second kappa shape index (κ2) is 6.80. The number of nitrogens with one attached hydrogen (secondary N) is 1. The lowest BCUT2D eigenvalue weighted by molar-refractivity contribution is -0.121. The number of carbonyl (C=O) groups is 1. The second-order valence-electron chi connectivity index (χ2n) is 4.65. The molecule has 0 saturated heterocycles. The van der Waals surface area contributed by atoms with E-state index in [1.165, 1.54) is 0 Å². The summed E-state index contributed by atoms with van der Waals surface area (Å²) in [5.41, 5.74) is 0.935. The number of nitrogens with zero attached hydrogens (tertiary/aromatic N) is 3. The molecule has 3 rings (SSSR count). The van der Waals surface area contributed by atoms with Gasteiger partial charge < -0.3 is 9.84 Å². The average Bonchev–Trinajstić information content (AvgIpc) is 3.23. The standard InChI is InChI=1S/C14H14N4O2S2/c1-9-15-6-11(22-9)7-16-12(19)2-3-13-17-14(18-20-13)10-4-5-21-8-10/h4-6,8H,2-3,7H2,1H3,(H,16,19). The number of thiazole rings is 1. The summed E-state index contributed by atoms with van der Waals surface area (Å²) >= 11 is 3.16. The highest BCUT2D eigenvalue weighted by Crippen LogP contribution is 2.19. The van der Waals surface area contributed by atoms with E-state index in [2.05, 4.69) is 20.4 Å². The molecule has 0 aliphatic carbocycles. The van der Waals surface area contributed by atoms with E-state index < -0.39 is 0 Å². The Bertz CT molecular complexity index is 749. The molecule has 3 aromatic rings. The number of thiophene rings is 1. The van der Waals surface area contributed by atoms with Crippen molar-refractivity contribution >= 4 is 28.6 Å². The predicted molar refractivity (Wildman–Crippen MR) is 84.6 cm³/mol. The van der Waals surface area contributed by atoms with E-state index in [4.69, 9.17) is 4.52 Å². The minimum Gasteiger partial charge on any atom is -0.351 e. The van der Waals surface area contributed by atoms with E-state index in [1.54, 1.807) is 28.9 Å². The monoisotopic (exact) mass is 334 g/mol. The first-order valence-electron chi connectivity index (χ1n) is 6.74. The molecule has 0 unspecified atom stereocenters. The lowest BCUT2D eigenvalue weighted by atomic mass is 10.3. The third kappa shape index (κ3) is 3.77. The molecule has 0 aromatic carbocycles. The van der Waals surface area contributed by atoms with Crippen molar-refractivity contribution in [3.63, 3.8) is 0 Å². The van der Waals surface area contributed by atoms with Crippen molar-refractivity contribution in [2.45, 2.75) is 26.3 Å². The van der Waals surface area contributed by atoms with E-state index in [0.29, 0.717) is 31.1 Å². The number of aryl methyl sites for hydroxylation is 2. The van der Waals surface area contributed by atoms with E-state index in [9.17, 15) is 4.79 Å². The molecule has 0 aliphatic heterocycles. The maximum Gasteiger partial charge on any atom is 0.227 e. The Labute approximate surface area is 135 Å². The van der Waals surface area contributed by atoms with Gasteiger partial charge >= 0.3 is 0 Å². The SMILES string of the molecule is Cc1ncc(CNC(=O)CCc2nc(-c3ccsc3)no2)s1. The number of amides is 1. The number of rotatable bonds is 6. The second-order valence-corrected chi connectivity index (χ2v) is 6.75. The first-order valence-corrected chi connectivity index (χ1v) is 8.50.